The SMILES string of the molecule is CCc1c(Cc2ccc(OC)c(OC)c2)nc(SCCN2CCCC2)[nH]c1=O. The van der Waals surface area contributed by atoms with Crippen LogP contribution in [0.3, 0.4) is 0 Å². The lowest BCUT2D eigenvalue weighted by Gasteiger charge is -2.14. The molecule has 7 heteroatoms. The molecule has 1 aliphatic rings. The van der Waals surface area contributed by atoms with Crippen molar-refractivity contribution < 1.29 is 9.47 Å². The zero-order valence-corrected chi connectivity index (χ0v) is 17.7. The molecule has 1 aromatic carbocycles. The van der Waals surface area contributed by atoms with Crippen molar-refractivity contribution in [3.8, 4) is 11.5 Å². The molecule has 0 aliphatic carbocycles. The largest absolute Gasteiger partial charge is 0.493 e. The van der Waals surface area contributed by atoms with E-state index in [1.165, 1.54) is 25.9 Å². The Kier molecular flexibility index (Phi) is 7.39. The van der Waals surface area contributed by atoms with E-state index in [1.54, 1.807) is 26.0 Å². The second-order valence-corrected chi connectivity index (χ2v) is 8.00. The van der Waals surface area contributed by atoms with Crippen molar-refractivity contribution in [2.24, 2.45) is 0 Å². The smallest absolute Gasteiger partial charge is 0.254 e. The van der Waals surface area contributed by atoms with E-state index in [0.29, 0.717) is 29.5 Å². The summed E-state index contributed by atoms with van der Waals surface area (Å²) in [7, 11) is 3.25. The van der Waals surface area contributed by atoms with Crippen LogP contribution in [0.25, 0.3) is 0 Å². The molecule has 0 bridgehead atoms. The first kappa shape index (κ1) is 20.7. The third-order valence-corrected chi connectivity index (χ3v) is 5.95. The van der Waals surface area contributed by atoms with E-state index in [-0.39, 0.29) is 5.56 Å². The number of H-pyrrole nitrogens is 1. The molecule has 6 nitrogen and oxygen atoms in total. The molecular formula is C21H29N3O3S. The number of benzene rings is 1. The Labute approximate surface area is 170 Å². The summed E-state index contributed by atoms with van der Waals surface area (Å²) in [6.45, 7) is 5.40. The van der Waals surface area contributed by atoms with Crippen molar-refractivity contribution in [1.82, 2.24) is 14.9 Å². The fraction of sp³-hybridized carbons (Fsp3) is 0.524. The first-order valence-electron chi connectivity index (χ1n) is 9.82. The maximum atomic E-state index is 12.6. The lowest BCUT2D eigenvalue weighted by molar-refractivity contribution is 0.354. The molecule has 0 radical (unpaired) electrons. The van der Waals surface area contributed by atoms with Gasteiger partial charge in [-0.15, -0.1) is 0 Å². The monoisotopic (exact) mass is 403 g/mol. The lowest BCUT2D eigenvalue weighted by Crippen LogP contribution is -2.22. The number of hydrogen-bond acceptors (Lipinski definition) is 6. The van der Waals surface area contributed by atoms with Gasteiger partial charge in [-0.2, -0.15) is 0 Å². The Morgan fingerprint density at radius 2 is 1.93 bits per heavy atom. The number of aromatic amines is 1. The van der Waals surface area contributed by atoms with Gasteiger partial charge in [0.1, 0.15) is 0 Å². The quantitative estimate of drug-likeness (QED) is 0.513. The summed E-state index contributed by atoms with van der Waals surface area (Å²) in [5.74, 6) is 2.31. The Morgan fingerprint density at radius 1 is 1.18 bits per heavy atom. The van der Waals surface area contributed by atoms with Gasteiger partial charge in [0.2, 0.25) is 0 Å². The standard InChI is InChI=1S/C21H29N3O3S/c1-4-16-17(13-15-7-8-18(26-2)19(14-15)27-3)22-21(23-20(16)25)28-12-11-24-9-5-6-10-24/h7-8,14H,4-6,9-13H2,1-3H3,(H,22,23,25). The molecule has 3 rings (SSSR count). The predicted molar refractivity (Wildman–Crippen MR) is 113 cm³/mol. The molecule has 1 fully saturated rings. The Hall–Kier alpha value is -1.99. The van der Waals surface area contributed by atoms with E-state index in [2.05, 4.69) is 9.88 Å². The number of aromatic nitrogens is 2. The second-order valence-electron chi connectivity index (χ2n) is 6.91. The fourth-order valence-electron chi connectivity index (χ4n) is 3.56. The highest BCUT2D eigenvalue weighted by atomic mass is 32.2. The van der Waals surface area contributed by atoms with E-state index < -0.39 is 0 Å². The summed E-state index contributed by atoms with van der Waals surface area (Å²) >= 11 is 1.63. The molecule has 1 aromatic heterocycles. The van der Waals surface area contributed by atoms with Gasteiger partial charge in [0.15, 0.2) is 16.7 Å². The van der Waals surface area contributed by atoms with Gasteiger partial charge in [-0.3, -0.25) is 4.79 Å². The highest BCUT2D eigenvalue weighted by molar-refractivity contribution is 7.99. The highest BCUT2D eigenvalue weighted by Crippen LogP contribution is 2.28. The van der Waals surface area contributed by atoms with E-state index in [4.69, 9.17) is 14.5 Å². The van der Waals surface area contributed by atoms with Gasteiger partial charge in [-0.05, 0) is 50.0 Å². The molecule has 1 N–H and O–H groups in total. The molecule has 0 amide bonds. The molecule has 2 aromatic rings. The Morgan fingerprint density at radius 3 is 2.61 bits per heavy atom. The predicted octanol–water partition coefficient (Wildman–Crippen LogP) is 3.13. The van der Waals surface area contributed by atoms with E-state index in [0.717, 1.165) is 29.1 Å². The molecule has 0 unspecified atom stereocenters. The first-order valence-corrected chi connectivity index (χ1v) is 10.8. The van der Waals surface area contributed by atoms with Crippen molar-refractivity contribution in [2.75, 3.05) is 39.6 Å². The van der Waals surface area contributed by atoms with E-state index >= 15 is 0 Å². The third-order valence-electron chi connectivity index (χ3n) is 5.10. The van der Waals surface area contributed by atoms with E-state index in [1.807, 2.05) is 25.1 Å². The second kappa shape index (κ2) is 9.98. The minimum Gasteiger partial charge on any atom is -0.493 e. The minimum atomic E-state index is -0.0309. The van der Waals surface area contributed by atoms with Gasteiger partial charge in [-0.25, -0.2) is 4.98 Å². The molecule has 28 heavy (non-hydrogen) atoms. The highest BCUT2D eigenvalue weighted by Gasteiger charge is 2.14. The summed E-state index contributed by atoms with van der Waals surface area (Å²) in [6.07, 6.45) is 3.83. The van der Waals surface area contributed by atoms with Crippen LogP contribution in [0, 0.1) is 0 Å². The van der Waals surface area contributed by atoms with Crippen molar-refractivity contribution in [3.63, 3.8) is 0 Å². The van der Waals surface area contributed by atoms with Crippen molar-refractivity contribution >= 4 is 11.8 Å². The van der Waals surface area contributed by atoms with Gasteiger partial charge in [-0.1, -0.05) is 24.8 Å². The van der Waals surface area contributed by atoms with Gasteiger partial charge >= 0.3 is 0 Å². The first-order chi connectivity index (χ1) is 13.6. The Balaban J connectivity index is 1.76. The van der Waals surface area contributed by atoms with Crippen LogP contribution in [0.15, 0.2) is 28.2 Å². The number of methoxy groups -OCH3 is 2. The number of likely N-dealkylation sites (tertiary alicyclic amines) is 1. The lowest BCUT2D eigenvalue weighted by atomic mass is 10.0. The molecule has 1 aliphatic heterocycles. The van der Waals surface area contributed by atoms with Crippen LogP contribution < -0.4 is 15.0 Å². The molecule has 0 saturated carbocycles. The summed E-state index contributed by atoms with van der Waals surface area (Å²) in [5.41, 5.74) is 2.59. The van der Waals surface area contributed by atoms with Crippen molar-refractivity contribution in [3.05, 3.63) is 45.4 Å². The minimum absolute atomic E-state index is 0.0309. The Bertz CT molecular complexity index is 847. The maximum absolute atomic E-state index is 12.6. The van der Waals surface area contributed by atoms with Crippen molar-refractivity contribution in [2.45, 2.75) is 37.8 Å². The normalized spacial score (nSPS) is 14.4. The maximum Gasteiger partial charge on any atom is 0.254 e. The van der Waals surface area contributed by atoms with Crippen LogP contribution in [-0.4, -0.2) is 54.5 Å². The number of nitrogens with one attached hydrogen (secondary N) is 1. The molecular weight excluding hydrogens is 374 g/mol. The number of hydrogen-bond donors (Lipinski definition) is 1. The van der Waals surface area contributed by atoms with Gasteiger partial charge in [0, 0.05) is 24.3 Å². The average molecular weight is 404 g/mol. The third kappa shape index (κ3) is 5.08. The number of ether oxygens (including phenoxy) is 2. The zero-order chi connectivity index (χ0) is 19.9. The zero-order valence-electron chi connectivity index (χ0n) is 16.9. The fourth-order valence-corrected chi connectivity index (χ4v) is 4.44. The number of rotatable bonds is 9. The average Bonchev–Trinajstić information content (AvgIpc) is 3.21. The molecule has 0 spiro atoms. The molecule has 1 saturated heterocycles. The van der Waals surface area contributed by atoms with Gasteiger partial charge in [0.25, 0.3) is 5.56 Å². The molecule has 0 atom stereocenters. The van der Waals surface area contributed by atoms with Crippen LogP contribution in [0.1, 0.15) is 36.6 Å². The number of thioether (sulfide) groups is 1. The van der Waals surface area contributed by atoms with Crippen LogP contribution in [-0.2, 0) is 12.8 Å². The van der Waals surface area contributed by atoms with Crippen LogP contribution in [0.5, 0.6) is 11.5 Å². The molecule has 2 heterocycles. The van der Waals surface area contributed by atoms with Crippen molar-refractivity contribution in [1.29, 1.82) is 0 Å². The van der Waals surface area contributed by atoms with Crippen LogP contribution in [0.2, 0.25) is 0 Å². The molecule has 152 valence electrons. The van der Waals surface area contributed by atoms with Crippen LogP contribution >= 0.6 is 11.8 Å². The topological polar surface area (TPSA) is 67.5 Å². The number of nitrogens with zero attached hydrogens (tertiary/aromatic N) is 2. The van der Waals surface area contributed by atoms with Crippen LogP contribution in [0.4, 0.5) is 0 Å². The summed E-state index contributed by atoms with van der Waals surface area (Å²) in [6, 6.07) is 5.82. The van der Waals surface area contributed by atoms with E-state index in [9.17, 15) is 4.79 Å². The summed E-state index contributed by atoms with van der Waals surface area (Å²) in [5, 5.41) is 0.705. The summed E-state index contributed by atoms with van der Waals surface area (Å²) in [4.78, 5) is 22.8. The van der Waals surface area contributed by atoms with Gasteiger partial charge in [0.05, 0.1) is 19.9 Å². The van der Waals surface area contributed by atoms with Gasteiger partial charge < -0.3 is 19.4 Å². The summed E-state index contributed by atoms with van der Waals surface area (Å²) < 4.78 is 10.7.